The Bertz CT molecular complexity index is 748. The lowest BCUT2D eigenvalue weighted by atomic mass is 9.96. The molecule has 3 aromatic heterocycles. The Balaban J connectivity index is 2.29. The molecule has 0 N–H and O–H groups in total. The van der Waals surface area contributed by atoms with Gasteiger partial charge in [-0.05, 0) is 0 Å². The fraction of sp³-hybridized carbons (Fsp3) is 0. The van der Waals surface area contributed by atoms with Crippen LogP contribution in [0.5, 0.6) is 0 Å². The normalized spacial score (nSPS) is 11.2. The molecule has 0 amide bonds. The first-order valence-corrected chi connectivity index (χ1v) is 8.79. The zero-order valence-corrected chi connectivity index (χ0v) is 14.0. The minimum atomic E-state index is -1.48. The highest BCUT2D eigenvalue weighted by molar-refractivity contribution is 7.74. The van der Waals surface area contributed by atoms with Crippen molar-refractivity contribution in [3.05, 3.63) is 28.4 Å². The minimum Gasteiger partial charge on any atom is -0.379 e. The van der Waals surface area contributed by atoms with Gasteiger partial charge in [0.1, 0.15) is 11.9 Å². The van der Waals surface area contributed by atoms with Gasteiger partial charge in [-0.2, -0.15) is 0 Å². The van der Waals surface area contributed by atoms with Crippen LogP contribution in [-0.2, 0) is 0 Å². The lowest BCUT2D eigenvalue weighted by Gasteiger charge is -2.25. The second kappa shape index (κ2) is 5.42. The first kappa shape index (κ1) is 13.4. The molecule has 0 atom stereocenters. The van der Waals surface area contributed by atoms with Crippen LogP contribution in [0.4, 0.5) is 0 Å². The molecule has 6 nitrogen and oxygen atoms in total. The van der Waals surface area contributed by atoms with E-state index in [4.69, 9.17) is 36.7 Å². The van der Waals surface area contributed by atoms with Crippen molar-refractivity contribution in [1.82, 2.24) is 29.1 Å². The van der Waals surface area contributed by atoms with Gasteiger partial charge in [0.25, 0.3) is 0 Å². The maximum atomic E-state index is 5.29. The maximum absolute atomic E-state index is 5.29. The molecular formula is C6H4BN6S6-. The van der Waals surface area contributed by atoms with Gasteiger partial charge >= 0.3 is 7.12 Å². The maximum Gasteiger partial charge on any atom is 0.332 e. The SMILES string of the molecule is S=c1scnn1[BH-](n1ncsc1=S)n1ncsc1=S. The van der Waals surface area contributed by atoms with Crippen molar-refractivity contribution in [3.63, 3.8) is 0 Å². The number of aromatic nitrogens is 6. The third kappa shape index (κ3) is 2.41. The van der Waals surface area contributed by atoms with Gasteiger partial charge in [0.05, 0.1) is 16.5 Å². The van der Waals surface area contributed by atoms with E-state index in [1.54, 1.807) is 30.3 Å². The lowest BCUT2D eigenvalue weighted by Crippen LogP contribution is -2.44. The molecule has 13 heteroatoms. The average molecular weight is 363 g/mol. The molecule has 0 saturated heterocycles. The number of hydrogen-bond donors (Lipinski definition) is 0. The van der Waals surface area contributed by atoms with Crippen LogP contribution in [0.3, 0.4) is 0 Å². The highest BCUT2D eigenvalue weighted by Gasteiger charge is 2.16. The monoisotopic (exact) mass is 363 g/mol. The highest BCUT2D eigenvalue weighted by atomic mass is 32.2. The van der Waals surface area contributed by atoms with Crippen LogP contribution in [-0.4, -0.2) is 36.2 Å². The van der Waals surface area contributed by atoms with E-state index in [0.717, 1.165) is 0 Å². The van der Waals surface area contributed by atoms with Gasteiger partial charge in [-0.15, -0.1) is 0 Å². The van der Waals surface area contributed by atoms with E-state index >= 15 is 0 Å². The first-order chi connectivity index (χ1) is 9.18. The zero-order valence-electron chi connectivity index (χ0n) is 9.07. The number of nitrogens with zero attached hydrogens (tertiary/aromatic N) is 6. The molecule has 0 aromatic carbocycles. The van der Waals surface area contributed by atoms with E-state index < -0.39 is 7.12 Å². The van der Waals surface area contributed by atoms with Gasteiger partial charge in [0.15, 0.2) is 0 Å². The van der Waals surface area contributed by atoms with Gasteiger partial charge < -0.3 is 13.8 Å². The molecule has 19 heavy (non-hydrogen) atoms. The molecule has 0 saturated carbocycles. The van der Waals surface area contributed by atoms with E-state index in [1.165, 1.54) is 34.0 Å². The van der Waals surface area contributed by atoms with Crippen molar-refractivity contribution in [2.75, 3.05) is 0 Å². The van der Waals surface area contributed by atoms with Gasteiger partial charge in [-0.25, -0.2) is 15.3 Å². The van der Waals surface area contributed by atoms with Crippen LogP contribution in [0.25, 0.3) is 0 Å². The van der Waals surface area contributed by atoms with Crippen molar-refractivity contribution in [1.29, 1.82) is 0 Å². The van der Waals surface area contributed by atoms with Gasteiger partial charge in [0, 0.05) is 0 Å². The zero-order chi connectivity index (χ0) is 13.4. The van der Waals surface area contributed by atoms with Crippen molar-refractivity contribution < 1.29 is 0 Å². The molecule has 0 unspecified atom stereocenters. The van der Waals surface area contributed by atoms with Crippen molar-refractivity contribution in [2.24, 2.45) is 0 Å². The summed E-state index contributed by atoms with van der Waals surface area (Å²) in [7, 11) is -1.48. The Morgan fingerprint density at radius 2 is 1.05 bits per heavy atom. The Kier molecular flexibility index (Phi) is 3.82. The summed E-state index contributed by atoms with van der Waals surface area (Å²) >= 11 is 20.0. The Labute approximate surface area is 134 Å². The Morgan fingerprint density at radius 3 is 1.26 bits per heavy atom. The Hall–Kier alpha value is -0.595. The Morgan fingerprint density at radius 1 is 0.737 bits per heavy atom. The van der Waals surface area contributed by atoms with E-state index in [9.17, 15) is 0 Å². The molecule has 0 spiro atoms. The first-order valence-electron chi connectivity index (χ1n) is 4.93. The topological polar surface area (TPSA) is 53.5 Å². The summed E-state index contributed by atoms with van der Waals surface area (Å²) in [6.07, 6.45) is 0. The van der Waals surface area contributed by atoms with Gasteiger partial charge in [-0.3, -0.25) is 0 Å². The number of rotatable bonds is 3. The summed E-state index contributed by atoms with van der Waals surface area (Å²) in [6, 6.07) is 0. The molecule has 3 heterocycles. The molecule has 0 radical (unpaired) electrons. The van der Waals surface area contributed by atoms with Crippen LogP contribution in [0.2, 0.25) is 0 Å². The van der Waals surface area contributed by atoms with Gasteiger partial charge in [-0.1, -0.05) is 70.7 Å². The van der Waals surface area contributed by atoms with Crippen LogP contribution in [0.1, 0.15) is 0 Å². The van der Waals surface area contributed by atoms with Crippen molar-refractivity contribution in [3.8, 4) is 0 Å². The lowest BCUT2D eigenvalue weighted by molar-refractivity contribution is 0.761. The fourth-order valence-corrected chi connectivity index (χ4v) is 4.13. The summed E-state index contributed by atoms with van der Waals surface area (Å²) in [5, 5.41) is 12.8. The third-order valence-electron chi connectivity index (χ3n) is 2.46. The standard InChI is InChI=1S/C6H4BN6S6/c14-4-11(8-1-17-4)7(12-5(15)18-2-9-12)13-6(16)19-3-10-13/h1-3,7H/q-1. The fourth-order valence-electron chi connectivity index (χ4n) is 1.65. The molecule has 0 aliphatic rings. The molecule has 98 valence electrons. The van der Waals surface area contributed by atoms with E-state index in [1.807, 2.05) is 0 Å². The smallest absolute Gasteiger partial charge is 0.332 e. The predicted octanol–water partition coefficient (Wildman–Crippen LogP) is 2.31. The van der Waals surface area contributed by atoms with Crippen molar-refractivity contribution >= 4 is 77.8 Å². The highest BCUT2D eigenvalue weighted by Crippen LogP contribution is 2.09. The molecule has 0 bridgehead atoms. The largest absolute Gasteiger partial charge is 0.379 e. The predicted molar refractivity (Wildman–Crippen MR) is 86.2 cm³/mol. The molecule has 3 rings (SSSR count). The van der Waals surface area contributed by atoms with Crippen LogP contribution >= 0.6 is 70.7 Å². The van der Waals surface area contributed by atoms with Crippen LogP contribution in [0, 0.1) is 11.9 Å². The summed E-state index contributed by atoms with van der Waals surface area (Å²) in [4.78, 5) is 0. The summed E-state index contributed by atoms with van der Waals surface area (Å²) < 4.78 is 7.07. The third-order valence-corrected chi connectivity index (χ3v) is 5.79. The number of hydrogen-bond acceptors (Lipinski definition) is 9. The average Bonchev–Trinajstić information content (AvgIpc) is 3.07. The summed E-state index contributed by atoms with van der Waals surface area (Å²) in [5.41, 5.74) is 5.07. The van der Waals surface area contributed by atoms with Crippen LogP contribution < -0.4 is 0 Å². The quantitative estimate of drug-likeness (QED) is 0.526. The minimum absolute atomic E-state index is 0.643. The molecule has 0 aliphatic heterocycles. The van der Waals surface area contributed by atoms with Crippen LogP contribution in [0.15, 0.2) is 16.5 Å². The van der Waals surface area contributed by atoms with E-state index in [-0.39, 0.29) is 0 Å². The summed E-state index contributed by atoms with van der Waals surface area (Å²) in [5.74, 6) is 0. The van der Waals surface area contributed by atoms with Crippen molar-refractivity contribution in [2.45, 2.75) is 0 Å². The molecule has 0 aliphatic carbocycles. The van der Waals surface area contributed by atoms with E-state index in [2.05, 4.69) is 15.3 Å². The summed E-state index contributed by atoms with van der Waals surface area (Å²) in [6.45, 7) is 0. The molecule has 3 aromatic rings. The van der Waals surface area contributed by atoms with Gasteiger partial charge in [0.2, 0.25) is 0 Å². The second-order valence-electron chi connectivity index (χ2n) is 3.44. The molecule has 0 fully saturated rings. The second-order valence-corrected chi connectivity index (χ2v) is 7.87. The van der Waals surface area contributed by atoms with E-state index in [0.29, 0.717) is 11.9 Å². The molecular weight excluding hydrogens is 359 g/mol.